The fourth-order valence-corrected chi connectivity index (χ4v) is 3.21. The minimum Gasteiger partial charge on any atom is -0.507 e. The minimum atomic E-state index is -0.949. The molecule has 1 saturated heterocycles. The van der Waals surface area contributed by atoms with Gasteiger partial charge in [-0.25, -0.2) is 0 Å². The molecule has 1 atom stereocenters. The number of nitrogens with zero attached hydrogens (tertiary/aromatic N) is 2. The van der Waals surface area contributed by atoms with E-state index in [1.54, 1.807) is 36.4 Å². The lowest BCUT2D eigenvalue weighted by molar-refractivity contribution is -0.384. The summed E-state index contributed by atoms with van der Waals surface area (Å²) in [5.74, 6) is -1.95. The van der Waals surface area contributed by atoms with Gasteiger partial charge in [0, 0.05) is 31.4 Å². The highest BCUT2D eigenvalue weighted by atomic mass is 16.6. The number of likely N-dealkylation sites (tertiary alicyclic amines) is 1. The first-order chi connectivity index (χ1) is 13.5. The molecule has 1 aliphatic heterocycles. The standard InChI is InChI=1S/C20H18N2O6/c1-28-11-10-21-17(14-8-5-9-15(12-14)22(26)27)16(19(24)20(21)25)18(23)13-6-3-2-4-7-13/h2-9,12,17,23H,10-11H2,1H3/b18-16+/t17-/m0/s1. The number of hydrogen-bond acceptors (Lipinski definition) is 6. The number of hydrogen-bond donors (Lipinski definition) is 1. The molecule has 0 aromatic heterocycles. The second-order valence-corrected chi connectivity index (χ2v) is 6.20. The van der Waals surface area contributed by atoms with Gasteiger partial charge in [-0.05, 0) is 5.56 Å². The molecular formula is C20H18N2O6. The average Bonchev–Trinajstić information content (AvgIpc) is 2.97. The molecule has 1 aliphatic rings. The second-order valence-electron chi connectivity index (χ2n) is 6.20. The van der Waals surface area contributed by atoms with Crippen LogP contribution in [0.5, 0.6) is 0 Å². The van der Waals surface area contributed by atoms with E-state index >= 15 is 0 Å². The molecule has 0 saturated carbocycles. The molecule has 8 heteroatoms. The SMILES string of the molecule is COCCN1C(=O)C(=O)/C(=C(/O)c2ccccc2)[C@@H]1c1cccc([N+](=O)[O-])c1. The average molecular weight is 382 g/mol. The summed E-state index contributed by atoms with van der Waals surface area (Å²) >= 11 is 0. The molecule has 1 N–H and O–H groups in total. The first kappa shape index (κ1) is 19.2. The molecule has 1 heterocycles. The van der Waals surface area contributed by atoms with Crippen molar-refractivity contribution in [2.75, 3.05) is 20.3 Å². The van der Waals surface area contributed by atoms with Gasteiger partial charge in [0.15, 0.2) is 0 Å². The number of carbonyl (C=O) groups is 2. The van der Waals surface area contributed by atoms with E-state index in [-0.39, 0.29) is 30.2 Å². The van der Waals surface area contributed by atoms with Gasteiger partial charge in [-0.3, -0.25) is 19.7 Å². The quantitative estimate of drug-likeness (QED) is 0.270. The molecule has 1 fully saturated rings. The zero-order valence-corrected chi connectivity index (χ0v) is 15.1. The van der Waals surface area contributed by atoms with Crippen LogP contribution in [-0.2, 0) is 14.3 Å². The van der Waals surface area contributed by atoms with Crippen LogP contribution in [-0.4, -0.2) is 46.9 Å². The number of aliphatic hydroxyl groups excluding tert-OH is 1. The van der Waals surface area contributed by atoms with Gasteiger partial charge in [-0.2, -0.15) is 0 Å². The highest BCUT2D eigenvalue weighted by Gasteiger charge is 2.46. The Bertz CT molecular complexity index is 954. The molecule has 0 spiro atoms. The number of aliphatic hydroxyl groups is 1. The van der Waals surface area contributed by atoms with Crippen molar-refractivity contribution < 1.29 is 24.4 Å². The molecular weight excluding hydrogens is 364 g/mol. The first-order valence-corrected chi connectivity index (χ1v) is 8.52. The number of amides is 1. The van der Waals surface area contributed by atoms with Gasteiger partial charge < -0.3 is 14.7 Å². The lowest BCUT2D eigenvalue weighted by Crippen LogP contribution is -2.32. The summed E-state index contributed by atoms with van der Waals surface area (Å²) in [4.78, 5) is 37.2. The zero-order chi connectivity index (χ0) is 20.3. The highest BCUT2D eigenvalue weighted by molar-refractivity contribution is 6.46. The number of rotatable bonds is 6. The lowest BCUT2D eigenvalue weighted by atomic mass is 9.95. The molecule has 0 bridgehead atoms. The van der Waals surface area contributed by atoms with Crippen LogP contribution in [0.4, 0.5) is 5.69 Å². The topological polar surface area (TPSA) is 110 Å². The summed E-state index contributed by atoms with van der Waals surface area (Å²) in [5.41, 5.74) is 0.465. The molecule has 0 aliphatic carbocycles. The predicted octanol–water partition coefficient (Wildman–Crippen LogP) is 2.66. The Kier molecular flexibility index (Phi) is 5.51. The van der Waals surface area contributed by atoms with Crippen molar-refractivity contribution in [3.8, 4) is 0 Å². The third-order valence-electron chi connectivity index (χ3n) is 4.52. The summed E-state index contributed by atoms with van der Waals surface area (Å²) < 4.78 is 5.02. The van der Waals surface area contributed by atoms with Crippen LogP contribution >= 0.6 is 0 Å². The Labute approximate surface area is 160 Å². The van der Waals surface area contributed by atoms with Gasteiger partial charge in [0.1, 0.15) is 5.76 Å². The second kappa shape index (κ2) is 8.01. The summed E-state index contributed by atoms with van der Waals surface area (Å²) in [6, 6.07) is 13.1. The van der Waals surface area contributed by atoms with Crippen LogP contribution in [0.2, 0.25) is 0 Å². The Balaban J connectivity index is 2.18. The number of carbonyl (C=O) groups excluding carboxylic acids is 2. The fraction of sp³-hybridized carbons (Fsp3) is 0.200. The van der Waals surface area contributed by atoms with Gasteiger partial charge >= 0.3 is 0 Å². The van der Waals surface area contributed by atoms with Crippen LogP contribution in [0.15, 0.2) is 60.2 Å². The first-order valence-electron chi connectivity index (χ1n) is 8.52. The summed E-state index contributed by atoms with van der Waals surface area (Å²) in [6.07, 6.45) is 0. The number of benzene rings is 2. The van der Waals surface area contributed by atoms with E-state index in [1.165, 1.54) is 30.2 Å². The predicted molar refractivity (Wildman–Crippen MR) is 100 cm³/mol. The molecule has 144 valence electrons. The highest BCUT2D eigenvalue weighted by Crippen LogP contribution is 2.39. The van der Waals surface area contributed by atoms with Gasteiger partial charge in [0.25, 0.3) is 17.4 Å². The third-order valence-corrected chi connectivity index (χ3v) is 4.52. The van der Waals surface area contributed by atoms with Gasteiger partial charge in [-0.15, -0.1) is 0 Å². The van der Waals surface area contributed by atoms with Crippen LogP contribution in [0, 0.1) is 10.1 Å². The molecule has 28 heavy (non-hydrogen) atoms. The molecule has 1 amide bonds. The monoisotopic (exact) mass is 382 g/mol. The Morgan fingerprint density at radius 1 is 1.18 bits per heavy atom. The van der Waals surface area contributed by atoms with Crippen LogP contribution in [0.3, 0.4) is 0 Å². The maximum atomic E-state index is 12.7. The number of ether oxygens (including phenoxy) is 1. The largest absolute Gasteiger partial charge is 0.507 e. The molecule has 3 rings (SSSR count). The normalized spacial score (nSPS) is 18.5. The Morgan fingerprint density at radius 3 is 2.54 bits per heavy atom. The maximum absolute atomic E-state index is 12.7. The minimum absolute atomic E-state index is 0.0972. The van der Waals surface area contributed by atoms with Crippen molar-refractivity contribution in [2.24, 2.45) is 0 Å². The van der Waals surface area contributed by atoms with Crippen molar-refractivity contribution in [3.05, 3.63) is 81.4 Å². The van der Waals surface area contributed by atoms with Gasteiger partial charge in [0.2, 0.25) is 0 Å². The van der Waals surface area contributed by atoms with Crippen LogP contribution in [0.1, 0.15) is 17.2 Å². The fourth-order valence-electron chi connectivity index (χ4n) is 3.21. The van der Waals surface area contributed by atoms with E-state index in [1.807, 2.05) is 0 Å². The van der Waals surface area contributed by atoms with Gasteiger partial charge in [-0.1, -0.05) is 42.5 Å². The summed E-state index contributed by atoms with van der Waals surface area (Å²) in [7, 11) is 1.46. The third kappa shape index (κ3) is 3.49. The molecule has 2 aromatic carbocycles. The van der Waals surface area contributed by atoms with Gasteiger partial charge in [0.05, 0.1) is 23.1 Å². The molecule has 8 nitrogen and oxygen atoms in total. The molecule has 2 aromatic rings. The van der Waals surface area contributed by atoms with E-state index in [0.29, 0.717) is 11.1 Å². The maximum Gasteiger partial charge on any atom is 0.295 e. The Hall–Kier alpha value is -3.52. The van der Waals surface area contributed by atoms with E-state index in [9.17, 15) is 24.8 Å². The number of nitro benzene ring substituents is 1. The lowest BCUT2D eigenvalue weighted by Gasteiger charge is -2.24. The van der Waals surface area contributed by atoms with Crippen molar-refractivity contribution in [1.82, 2.24) is 4.90 Å². The molecule has 0 unspecified atom stereocenters. The smallest absolute Gasteiger partial charge is 0.295 e. The van der Waals surface area contributed by atoms with E-state index in [2.05, 4.69) is 0 Å². The number of Topliss-reactive ketones (excluding diaryl/α,β-unsaturated/α-hetero) is 1. The van der Waals surface area contributed by atoms with E-state index in [0.717, 1.165) is 0 Å². The van der Waals surface area contributed by atoms with Crippen LogP contribution in [0.25, 0.3) is 5.76 Å². The van der Waals surface area contributed by atoms with Crippen LogP contribution < -0.4 is 0 Å². The molecule has 0 radical (unpaired) electrons. The summed E-state index contributed by atoms with van der Waals surface area (Å²) in [5, 5.41) is 21.9. The number of nitro groups is 1. The number of non-ortho nitro benzene ring substituents is 1. The number of methoxy groups -OCH3 is 1. The summed E-state index contributed by atoms with van der Waals surface area (Å²) in [6.45, 7) is 0.268. The zero-order valence-electron chi connectivity index (χ0n) is 15.1. The van der Waals surface area contributed by atoms with E-state index < -0.39 is 22.7 Å². The van der Waals surface area contributed by atoms with Crippen molar-refractivity contribution in [3.63, 3.8) is 0 Å². The van der Waals surface area contributed by atoms with E-state index in [4.69, 9.17) is 4.74 Å². The number of ketones is 1. The van der Waals surface area contributed by atoms with Crippen molar-refractivity contribution in [2.45, 2.75) is 6.04 Å². The Morgan fingerprint density at radius 2 is 1.89 bits per heavy atom. The van der Waals surface area contributed by atoms with Crippen molar-refractivity contribution >= 4 is 23.1 Å². The van der Waals surface area contributed by atoms with Crippen molar-refractivity contribution in [1.29, 1.82) is 0 Å².